The van der Waals surface area contributed by atoms with Crippen LogP contribution in [0.3, 0.4) is 0 Å². The molecular weight excluding hydrogens is 370 g/mol. The zero-order valence-electron chi connectivity index (χ0n) is 15.1. The quantitative estimate of drug-likeness (QED) is 0.428. The van der Waals surface area contributed by atoms with Crippen LogP contribution in [0.5, 0.6) is 0 Å². The minimum Gasteiger partial charge on any atom is -0.290 e. The van der Waals surface area contributed by atoms with Gasteiger partial charge in [-0.2, -0.15) is 9.61 Å². The molecular formula is C22H16ClN5. The van der Waals surface area contributed by atoms with E-state index in [-0.39, 0.29) is 0 Å². The summed E-state index contributed by atoms with van der Waals surface area (Å²) in [5.41, 5.74) is 5.66. The number of imidazole rings is 1. The van der Waals surface area contributed by atoms with Gasteiger partial charge in [0.2, 0.25) is 0 Å². The fourth-order valence-electron chi connectivity index (χ4n) is 3.40. The number of aryl methyl sites for hydroxylation is 1. The minimum absolute atomic E-state index is 0.704. The number of aromatic nitrogens is 5. The van der Waals surface area contributed by atoms with Crippen molar-refractivity contribution < 1.29 is 0 Å². The molecule has 0 amide bonds. The molecule has 0 aliphatic carbocycles. The van der Waals surface area contributed by atoms with E-state index in [0.29, 0.717) is 5.02 Å². The average Bonchev–Trinajstić information content (AvgIpc) is 3.36. The van der Waals surface area contributed by atoms with E-state index in [1.165, 1.54) is 0 Å². The summed E-state index contributed by atoms with van der Waals surface area (Å²) in [7, 11) is 0. The highest BCUT2D eigenvalue weighted by Crippen LogP contribution is 2.31. The molecule has 5 aromatic rings. The number of hydrogen-bond donors (Lipinski definition) is 0. The number of hydrogen-bond acceptors (Lipinski definition) is 3. The van der Waals surface area contributed by atoms with Gasteiger partial charge in [-0.1, -0.05) is 54.1 Å². The highest BCUT2D eigenvalue weighted by molar-refractivity contribution is 6.30. The predicted octanol–water partition coefficient (Wildman–Crippen LogP) is 5.21. The zero-order valence-corrected chi connectivity index (χ0v) is 15.9. The lowest BCUT2D eigenvalue weighted by Crippen LogP contribution is -2.04. The highest BCUT2D eigenvalue weighted by Gasteiger charge is 2.18. The highest BCUT2D eigenvalue weighted by atomic mass is 35.5. The first kappa shape index (κ1) is 16.7. The van der Waals surface area contributed by atoms with E-state index < -0.39 is 0 Å². The third-order valence-corrected chi connectivity index (χ3v) is 4.97. The molecule has 0 spiro atoms. The maximum atomic E-state index is 6.08. The van der Waals surface area contributed by atoms with Gasteiger partial charge in [-0.3, -0.25) is 4.57 Å². The van der Waals surface area contributed by atoms with Crippen molar-refractivity contribution in [1.82, 2.24) is 24.1 Å². The van der Waals surface area contributed by atoms with E-state index in [0.717, 1.165) is 39.5 Å². The Kier molecular flexibility index (Phi) is 3.95. The lowest BCUT2D eigenvalue weighted by molar-refractivity contribution is 0.843. The van der Waals surface area contributed by atoms with Crippen molar-refractivity contribution in [2.45, 2.75) is 6.92 Å². The van der Waals surface area contributed by atoms with Crippen LogP contribution in [0.15, 0.2) is 79.4 Å². The van der Waals surface area contributed by atoms with Crippen molar-refractivity contribution in [2.24, 2.45) is 0 Å². The number of nitrogens with zero attached hydrogens (tertiary/aromatic N) is 5. The normalized spacial score (nSPS) is 11.2. The molecule has 2 aromatic carbocycles. The molecule has 0 fully saturated rings. The molecule has 0 aliphatic rings. The summed E-state index contributed by atoms with van der Waals surface area (Å²) in [6.07, 6.45) is 5.43. The minimum atomic E-state index is 0.704. The van der Waals surface area contributed by atoms with Crippen molar-refractivity contribution in [3.05, 3.63) is 90.1 Å². The molecule has 136 valence electrons. The van der Waals surface area contributed by atoms with Gasteiger partial charge in [0, 0.05) is 34.6 Å². The lowest BCUT2D eigenvalue weighted by Gasteiger charge is -2.10. The van der Waals surface area contributed by atoms with Gasteiger partial charge >= 0.3 is 0 Å². The van der Waals surface area contributed by atoms with Crippen LogP contribution in [0.2, 0.25) is 5.02 Å². The molecule has 5 rings (SSSR count). The first-order chi connectivity index (χ1) is 13.7. The maximum absolute atomic E-state index is 6.08. The SMILES string of the molecule is Cc1nn2c(-n3ccnc3)cc(-c3ccccc3)nc2c1-c1ccc(Cl)cc1. The van der Waals surface area contributed by atoms with E-state index in [1.807, 2.05) is 70.7 Å². The van der Waals surface area contributed by atoms with Gasteiger partial charge in [0.15, 0.2) is 5.65 Å². The Hall–Kier alpha value is -3.44. The third-order valence-electron chi connectivity index (χ3n) is 4.72. The number of benzene rings is 2. The summed E-state index contributed by atoms with van der Waals surface area (Å²) < 4.78 is 3.81. The van der Waals surface area contributed by atoms with Gasteiger partial charge in [0.05, 0.1) is 11.4 Å². The molecule has 0 bridgehead atoms. The van der Waals surface area contributed by atoms with Crippen molar-refractivity contribution in [1.29, 1.82) is 0 Å². The molecule has 0 aliphatic heterocycles. The van der Waals surface area contributed by atoms with E-state index in [4.69, 9.17) is 21.7 Å². The standard InChI is InChI=1S/C22H16ClN5/c1-15-21(17-7-9-18(23)10-8-17)22-25-19(16-5-3-2-4-6-16)13-20(28(22)26-15)27-12-11-24-14-27/h2-14H,1H3. The molecule has 0 atom stereocenters. The maximum Gasteiger partial charge on any atom is 0.166 e. The second-order valence-corrected chi connectivity index (χ2v) is 6.97. The van der Waals surface area contributed by atoms with Crippen molar-refractivity contribution in [3.8, 4) is 28.2 Å². The summed E-state index contributed by atoms with van der Waals surface area (Å²) in [5.74, 6) is 0.879. The lowest BCUT2D eigenvalue weighted by atomic mass is 10.1. The molecule has 6 heteroatoms. The third kappa shape index (κ3) is 2.77. The van der Waals surface area contributed by atoms with Crippen LogP contribution in [0.4, 0.5) is 0 Å². The topological polar surface area (TPSA) is 48.0 Å². The Balaban J connectivity index is 1.84. The number of fused-ring (bicyclic) bond motifs is 1. The van der Waals surface area contributed by atoms with E-state index in [9.17, 15) is 0 Å². The summed E-state index contributed by atoms with van der Waals surface area (Å²) >= 11 is 6.08. The molecule has 0 radical (unpaired) electrons. The van der Waals surface area contributed by atoms with Crippen LogP contribution < -0.4 is 0 Å². The first-order valence-electron chi connectivity index (χ1n) is 8.91. The summed E-state index contributed by atoms with van der Waals surface area (Å²) in [6.45, 7) is 2.00. The van der Waals surface area contributed by atoms with Gasteiger partial charge in [-0.05, 0) is 24.6 Å². The van der Waals surface area contributed by atoms with E-state index >= 15 is 0 Å². The van der Waals surface area contributed by atoms with Gasteiger partial charge < -0.3 is 0 Å². The van der Waals surface area contributed by atoms with Crippen LogP contribution in [-0.4, -0.2) is 24.1 Å². The van der Waals surface area contributed by atoms with E-state index in [1.54, 1.807) is 12.5 Å². The largest absolute Gasteiger partial charge is 0.290 e. The smallest absolute Gasteiger partial charge is 0.166 e. The van der Waals surface area contributed by atoms with Crippen LogP contribution in [-0.2, 0) is 0 Å². The molecule has 3 aromatic heterocycles. The fraction of sp³-hybridized carbons (Fsp3) is 0.0455. The van der Waals surface area contributed by atoms with Crippen LogP contribution in [0, 0.1) is 6.92 Å². The predicted molar refractivity (Wildman–Crippen MR) is 111 cm³/mol. The fourth-order valence-corrected chi connectivity index (χ4v) is 3.52. The first-order valence-corrected chi connectivity index (χ1v) is 9.28. The van der Waals surface area contributed by atoms with Gasteiger partial charge in [0.25, 0.3) is 0 Å². The molecule has 0 saturated heterocycles. The van der Waals surface area contributed by atoms with Gasteiger partial charge in [-0.15, -0.1) is 0 Å². The summed E-state index contributed by atoms with van der Waals surface area (Å²) in [5, 5.41) is 5.48. The summed E-state index contributed by atoms with van der Waals surface area (Å²) in [4.78, 5) is 9.16. The Bertz CT molecular complexity index is 1260. The second-order valence-electron chi connectivity index (χ2n) is 6.54. The Morgan fingerprint density at radius 2 is 1.71 bits per heavy atom. The second kappa shape index (κ2) is 6.62. The van der Waals surface area contributed by atoms with Gasteiger partial charge in [-0.25, -0.2) is 9.97 Å². The van der Waals surface area contributed by atoms with Crippen LogP contribution in [0.1, 0.15) is 5.69 Å². The van der Waals surface area contributed by atoms with Gasteiger partial charge in [0.1, 0.15) is 12.1 Å². The Morgan fingerprint density at radius 3 is 2.43 bits per heavy atom. The Labute approximate surface area is 166 Å². The molecule has 3 heterocycles. The molecule has 0 N–H and O–H groups in total. The molecule has 28 heavy (non-hydrogen) atoms. The molecule has 0 saturated carbocycles. The van der Waals surface area contributed by atoms with Crippen LogP contribution >= 0.6 is 11.6 Å². The van der Waals surface area contributed by atoms with Crippen molar-refractivity contribution in [2.75, 3.05) is 0 Å². The average molecular weight is 386 g/mol. The monoisotopic (exact) mass is 385 g/mol. The Morgan fingerprint density at radius 1 is 0.929 bits per heavy atom. The zero-order chi connectivity index (χ0) is 19.1. The van der Waals surface area contributed by atoms with Crippen LogP contribution in [0.25, 0.3) is 33.8 Å². The summed E-state index contributed by atoms with van der Waals surface area (Å²) in [6, 6.07) is 19.9. The van der Waals surface area contributed by atoms with Crippen molar-refractivity contribution in [3.63, 3.8) is 0 Å². The van der Waals surface area contributed by atoms with Crippen molar-refractivity contribution >= 4 is 17.2 Å². The van der Waals surface area contributed by atoms with E-state index in [2.05, 4.69) is 17.1 Å². The molecule has 5 nitrogen and oxygen atoms in total. The number of halogens is 1. The molecule has 0 unspecified atom stereocenters. The number of rotatable bonds is 3.